The fourth-order valence-electron chi connectivity index (χ4n) is 8.70. The van der Waals surface area contributed by atoms with Gasteiger partial charge in [-0.2, -0.15) is 0 Å². The molecule has 0 saturated carbocycles. The van der Waals surface area contributed by atoms with E-state index in [4.69, 9.17) is 14.4 Å². The molecule has 5 heteroatoms. The van der Waals surface area contributed by atoms with Gasteiger partial charge in [0.25, 0.3) is 0 Å². The third-order valence-corrected chi connectivity index (χ3v) is 11.3. The zero-order chi connectivity index (χ0) is 37.5. The molecule has 5 nitrogen and oxygen atoms in total. The van der Waals surface area contributed by atoms with E-state index in [1.807, 2.05) is 36.4 Å². The zero-order valence-electron chi connectivity index (χ0n) is 30.7. The SMILES string of the molecule is c1ccc(-c2cc(-c3ccccc3)nc(-c3ccc4c(c3)oc3cc(-n5c6ccccc6c6cc7c8ccccc8n(-c8ccccc8)c7cc65)ccc34)n2)cc1. The van der Waals surface area contributed by atoms with Crippen LogP contribution in [0.3, 0.4) is 0 Å². The number of fused-ring (bicyclic) bond motifs is 9. The van der Waals surface area contributed by atoms with Crippen molar-refractivity contribution < 1.29 is 4.42 Å². The van der Waals surface area contributed by atoms with Crippen molar-refractivity contribution in [2.45, 2.75) is 0 Å². The Morgan fingerprint density at radius 2 is 0.825 bits per heavy atom. The van der Waals surface area contributed by atoms with Crippen molar-refractivity contribution in [1.29, 1.82) is 0 Å². The molecule has 12 rings (SSSR count). The molecule has 0 aliphatic carbocycles. The number of para-hydroxylation sites is 3. The Hall–Kier alpha value is -7.76. The Kier molecular flexibility index (Phi) is 6.86. The standard InChI is InChI=1S/C52H32N4O/c1-4-14-33(15-5-1)44-31-45(34-16-6-2-7-17-34)54-52(53-44)35-24-26-40-41-27-25-37(29-51(41)57-50(40)28-35)56-47-23-13-11-21-39(47)43-30-42-38-20-10-12-22-46(38)55(48(42)32-49(43)56)36-18-8-3-9-19-36/h1-32H. The van der Waals surface area contributed by atoms with E-state index in [2.05, 4.69) is 167 Å². The van der Waals surface area contributed by atoms with Crippen LogP contribution < -0.4 is 0 Å². The highest BCUT2D eigenvalue weighted by molar-refractivity contribution is 6.19. The van der Waals surface area contributed by atoms with Crippen LogP contribution in [-0.2, 0) is 0 Å². The number of rotatable bonds is 5. The summed E-state index contributed by atoms with van der Waals surface area (Å²) in [6.45, 7) is 0. The van der Waals surface area contributed by atoms with Gasteiger partial charge in [-0.3, -0.25) is 0 Å². The van der Waals surface area contributed by atoms with Crippen LogP contribution in [0.4, 0.5) is 0 Å². The minimum atomic E-state index is 0.655. The van der Waals surface area contributed by atoms with Crippen LogP contribution in [0.5, 0.6) is 0 Å². The minimum absolute atomic E-state index is 0.655. The molecule has 0 amide bonds. The third kappa shape index (κ3) is 4.96. The summed E-state index contributed by atoms with van der Waals surface area (Å²) in [4.78, 5) is 10.1. The molecule has 266 valence electrons. The molecular formula is C52H32N4O. The molecule has 12 aromatic rings. The first-order chi connectivity index (χ1) is 28.2. The number of benzene rings is 8. The predicted molar refractivity (Wildman–Crippen MR) is 234 cm³/mol. The maximum Gasteiger partial charge on any atom is 0.160 e. The normalized spacial score (nSPS) is 11.9. The molecule has 0 radical (unpaired) electrons. The van der Waals surface area contributed by atoms with E-state index in [0.29, 0.717) is 5.82 Å². The molecule has 0 saturated heterocycles. The van der Waals surface area contributed by atoms with E-state index in [1.165, 1.54) is 32.6 Å². The van der Waals surface area contributed by atoms with Crippen LogP contribution in [0.15, 0.2) is 199 Å². The van der Waals surface area contributed by atoms with Crippen molar-refractivity contribution in [2.75, 3.05) is 0 Å². The number of nitrogens with zero attached hydrogens (tertiary/aromatic N) is 4. The van der Waals surface area contributed by atoms with Gasteiger partial charge in [-0.05, 0) is 66.7 Å². The molecule has 57 heavy (non-hydrogen) atoms. The monoisotopic (exact) mass is 728 g/mol. The van der Waals surface area contributed by atoms with Crippen molar-refractivity contribution >= 4 is 65.6 Å². The molecule has 0 bridgehead atoms. The molecule has 0 unspecified atom stereocenters. The molecule has 4 aromatic heterocycles. The lowest BCUT2D eigenvalue weighted by Gasteiger charge is -2.10. The Morgan fingerprint density at radius 1 is 0.316 bits per heavy atom. The maximum atomic E-state index is 6.72. The quantitative estimate of drug-likeness (QED) is 0.177. The van der Waals surface area contributed by atoms with Gasteiger partial charge in [0.05, 0.1) is 33.5 Å². The fraction of sp³-hybridized carbons (Fsp3) is 0. The number of furan rings is 1. The molecule has 0 aliphatic rings. The predicted octanol–water partition coefficient (Wildman–Crippen LogP) is 13.6. The van der Waals surface area contributed by atoms with Crippen molar-refractivity contribution in [2.24, 2.45) is 0 Å². The summed E-state index contributed by atoms with van der Waals surface area (Å²) in [5, 5.41) is 7.04. The maximum absolute atomic E-state index is 6.72. The van der Waals surface area contributed by atoms with E-state index >= 15 is 0 Å². The van der Waals surface area contributed by atoms with Gasteiger partial charge >= 0.3 is 0 Å². The second kappa shape index (κ2) is 12.4. The van der Waals surface area contributed by atoms with Crippen molar-refractivity contribution in [3.63, 3.8) is 0 Å². The van der Waals surface area contributed by atoms with Gasteiger partial charge < -0.3 is 13.6 Å². The second-order valence-corrected chi connectivity index (χ2v) is 14.6. The van der Waals surface area contributed by atoms with Gasteiger partial charge in [-0.25, -0.2) is 9.97 Å². The second-order valence-electron chi connectivity index (χ2n) is 14.6. The van der Waals surface area contributed by atoms with Gasteiger partial charge in [0, 0.05) is 66.4 Å². The molecule has 0 spiro atoms. The molecule has 0 fully saturated rings. The average Bonchev–Trinajstić information content (AvgIpc) is 3.92. The van der Waals surface area contributed by atoms with Crippen LogP contribution in [0.25, 0.3) is 111 Å². The zero-order valence-corrected chi connectivity index (χ0v) is 30.7. The van der Waals surface area contributed by atoms with E-state index in [1.54, 1.807) is 0 Å². The number of aromatic nitrogens is 4. The van der Waals surface area contributed by atoms with Crippen molar-refractivity contribution in [3.8, 4) is 45.3 Å². The highest BCUT2D eigenvalue weighted by Crippen LogP contribution is 2.41. The molecular weight excluding hydrogens is 697 g/mol. The van der Waals surface area contributed by atoms with Crippen LogP contribution in [0.2, 0.25) is 0 Å². The Bertz CT molecular complexity index is 3450. The Balaban J connectivity index is 1.03. The highest BCUT2D eigenvalue weighted by Gasteiger charge is 2.20. The summed E-state index contributed by atoms with van der Waals surface area (Å²) < 4.78 is 11.5. The molecule has 0 N–H and O–H groups in total. The minimum Gasteiger partial charge on any atom is -0.456 e. The molecule has 8 aromatic carbocycles. The van der Waals surface area contributed by atoms with E-state index < -0.39 is 0 Å². The van der Waals surface area contributed by atoms with Crippen LogP contribution in [0.1, 0.15) is 0 Å². The summed E-state index contributed by atoms with van der Waals surface area (Å²) in [5.41, 5.74) is 13.2. The van der Waals surface area contributed by atoms with Crippen LogP contribution in [0, 0.1) is 0 Å². The first-order valence-corrected chi connectivity index (χ1v) is 19.2. The van der Waals surface area contributed by atoms with Gasteiger partial charge in [0.15, 0.2) is 5.82 Å². The topological polar surface area (TPSA) is 48.8 Å². The van der Waals surface area contributed by atoms with Crippen molar-refractivity contribution in [1.82, 2.24) is 19.1 Å². The lowest BCUT2D eigenvalue weighted by atomic mass is 10.1. The van der Waals surface area contributed by atoms with E-state index in [9.17, 15) is 0 Å². The number of hydrogen-bond acceptors (Lipinski definition) is 3. The van der Waals surface area contributed by atoms with Gasteiger partial charge in [-0.15, -0.1) is 0 Å². The third-order valence-electron chi connectivity index (χ3n) is 11.3. The molecule has 4 heterocycles. The first kappa shape index (κ1) is 31.6. The summed E-state index contributed by atoms with van der Waals surface area (Å²) >= 11 is 0. The van der Waals surface area contributed by atoms with Crippen LogP contribution in [-0.4, -0.2) is 19.1 Å². The fourth-order valence-corrected chi connectivity index (χ4v) is 8.70. The average molecular weight is 729 g/mol. The van der Waals surface area contributed by atoms with Crippen molar-refractivity contribution in [3.05, 3.63) is 194 Å². The summed E-state index contributed by atoms with van der Waals surface area (Å²) in [6.07, 6.45) is 0. The van der Waals surface area contributed by atoms with Gasteiger partial charge in [-0.1, -0.05) is 121 Å². The molecule has 0 aliphatic heterocycles. The Morgan fingerprint density at radius 3 is 1.44 bits per heavy atom. The smallest absolute Gasteiger partial charge is 0.160 e. The highest BCUT2D eigenvalue weighted by atomic mass is 16.3. The summed E-state index contributed by atoms with van der Waals surface area (Å²) in [5.74, 6) is 0.655. The van der Waals surface area contributed by atoms with Gasteiger partial charge in [0.2, 0.25) is 0 Å². The van der Waals surface area contributed by atoms with Gasteiger partial charge in [0.1, 0.15) is 11.2 Å². The largest absolute Gasteiger partial charge is 0.456 e. The number of hydrogen-bond donors (Lipinski definition) is 0. The summed E-state index contributed by atoms with van der Waals surface area (Å²) in [6, 6.07) is 68.3. The summed E-state index contributed by atoms with van der Waals surface area (Å²) in [7, 11) is 0. The first-order valence-electron chi connectivity index (χ1n) is 19.2. The van der Waals surface area contributed by atoms with Crippen LogP contribution >= 0.6 is 0 Å². The molecule has 0 atom stereocenters. The lowest BCUT2D eigenvalue weighted by Crippen LogP contribution is -1.95. The lowest BCUT2D eigenvalue weighted by molar-refractivity contribution is 0.668. The van der Waals surface area contributed by atoms with E-state index in [-0.39, 0.29) is 0 Å². The van der Waals surface area contributed by atoms with E-state index in [0.717, 1.165) is 72.4 Å². The Labute approximate surface area is 327 Å².